The number of amides is 1. The van der Waals surface area contributed by atoms with Gasteiger partial charge in [0.2, 0.25) is 0 Å². The van der Waals surface area contributed by atoms with Gasteiger partial charge in [0.25, 0.3) is 5.91 Å². The van der Waals surface area contributed by atoms with Crippen molar-refractivity contribution in [3.63, 3.8) is 0 Å². The van der Waals surface area contributed by atoms with Crippen LogP contribution in [0.3, 0.4) is 0 Å². The second-order valence-electron chi connectivity index (χ2n) is 7.15. The molecule has 0 unspecified atom stereocenters. The molecule has 0 saturated carbocycles. The molecule has 2 aliphatic rings. The van der Waals surface area contributed by atoms with Crippen molar-refractivity contribution in [1.29, 1.82) is 0 Å². The van der Waals surface area contributed by atoms with Gasteiger partial charge in [-0.1, -0.05) is 36.4 Å². The molecular weight excluding hydrogens is 367 g/mol. The number of hydrazone groups is 1. The fraction of sp³-hybridized carbons (Fsp3) is 0.333. The molecule has 4 nitrogen and oxygen atoms in total. The van der Waals surface area contributed by atoms with Crippen LogP contribution >= 0.6 is 0 Å². The van der Waals surface area contributed by atoms with Crippen LogP contribution < -0.4 is 0 Å². The van der Waals surface area contributed by atoms with Crippen LogP contribution in [0, 0.1) is 0 Å². The summed E-state index contributed by atoms with van der Waals surface area (Å²) in [5.74, 6) is -0.149. The van der Waals surface area contributed by atoms with Crippen LogP contribution in [0.4, 0.5) is 13.2 Å². The molecule has 2 heterocycles. The van der Waals surface area contributed by atoms with Crippen molar-refractivity contribution in [3.05, 3.63) is 70.8 Å². The third-order valence-electron chi connectivity index (χ3n) is 5.31. The zero-order chi connectivity index (χ0) is 19.9. The number of carbonyl (C=O) groups excluding carboxylic acids is 1. The number of carbonyl (C=O) groups is 1. The monoisotopic (exact) mass is 387 g/mol. The Morgan fingerprint density at radius 2 is 1.75 bits per heavy atom. The Morgan fingerprint density at radius 1 is 1.04 bits per heavy atom. The number of rotatable bonds is 2. The fourth-order valence-electron chi connectivity index (χ4n) is 3.89. The van der Waals surface area contributed by atoms with Gasteiger partial charge in [-0.3, -0.25) is 9.80 Å². The van der Waals surface area contributed by atoms with Crippen molar-refractivity contribution in [2.75, 3.05) is 20.1 Å². The molecule has 146 valence electrons. The van der Waals surface area contributed by atoms with Gasteiger partial charge in [0, 0.05) is 26.6 Å². The lowest BCUT2D eigenvalue weighted by Crippen LogP contribution is -2.43. The predicted octanol–water partition coefficient (Wildman–Crippen LogP) is 3.87. The van der Waals surface area contributed by atoms with E-state index in [1.54, 1.807) is 9.91 Å². The molecule has 1 atom stereocenters. The number of alkyl halides is 3. The second kappa shape index (κ2) is 6.96. The SMILES string of the molecule is CN1CCC(C(=O)N2CCc3ccccc3[C@H]2c2ccc(C(F)(F)F)cc2)=N1. The van der Waals surface area contributed by atoms with Gasteiger partial charge < -0.3 is 4.90 Å². The van der Waals surface area contributed by atoms with Crippen LogP contribution in [0.1, 0.15) is 34.7 Å². The van der Waals surface area contributed by atoms with E-state index in [4.69, 9.17) is 0 Å². The molecule has 0 aliphatic carbocycles. The molecule has 4 rings (SSSR count). The van der Waals surface area contributed by atoms with Crippen LogP contribution in [0.15, 0.2) is 53.6 Å². The Kier molecular flexibility index (Phi) is 4.61. The topological polar surface area (TPSA) is 35.9 Å². The van der Waals surface area contributed by atoms with E-state index in [-0.39, 0.29) is 5.91 Å². The molecule has 0 spiro atoms. The lowest BCUT2D eigenvalue weighted by atomic mass is 9.87. The van der Waals surface area contributed by atoms with Crippen molar-refractivity contribution in [1.82, 2.24) is 9.91 Å². The Bertz CT molecular complexity index is 921. The summed E-state index contributed by atoms with van der Waals surface area (Å²) >= 11 is 0. The summed E-state index contributed by atoms with van der Waals surface area (Å²) in [7, 11) is 1.82. The molecule has 28 heavy (non-hydrogen) atoms. The first-order valence-corrected chi connectivity index (χ1v) is 9.19. The lowest BCUT2D eigenvalue weighted by molar-refractivity contribution is -0.137. The quantitative estimate of drug-likeness (QED) is 0.784. The van der Waals surface area contributed by atoms with Gasteiger partial charge >= 0.3 is 6.18 Å². The molecule has 0 saturated heterocycles. The van der Waals surface area contributed by atoms with Gasteiger partial charge in [0.1, 0.15) is 5.71 Å². The third kappa shape index (κ3) is 3.37. The first kappa shape index (κ1) is 18.5. The van der Waals surface area contributed by atoms with Gasteiger partial charge in [-0.15, -0.1) is 0 Å². The summed E-state index contributed by atoms with van der Waals surface area (Å²) in [4.78, 5) is 14.9. The maximum absolute atomic E-state index is 13.2. The molecule has 0 radical (unpaired) electrons. The van der Waals surface area contributed by atoms with Gasteiger partial charge in [-0.25, -0.2) is 0 Å². The summed E-state index contributed by atoms with van der Waals surface area (Å²) in [5.41, 5.74) is 2.54. The van der Waals surface area contributed by atoms with Crippen LogP contribution in [0.2, 0.25) is 0 Å². The summed E-state index contributed by atoms with van der Waals surface area (Å²) in [5, 5.41) is 6.04. The highest BCUT2D eigenvalue weighted by atomic mass is 19.4. The Labute approximate surface area is 161 Å². The highest BCUT2D eigenvalue weighted by Gasteiger charge is 2.36. The summed E-state index contributed by atoms with van der Waals surface area (Å²) in [6.45, 7) is 1.20. The molecule has 2 aromatic rings. The summed E-state index contributed by atoms with van der Waals surface area (Å²) < 4.78 is 38.9. The fourth-order valence-corrected chi connectivity index (χ4v) is 3.89. The van der Waals surface area contributed by atoms with E-state index in [0.717, 1.165) is 23.3 Å². The Hall–Kier alpha value is -2.83. The minimum absolute atomic E-state index is 0.149. The molecule has 2 aromatic carbocycles. The number of halogens is 3. The van der Waals surface area contributed by atoms with E-state index in [0.29, 0.717) is 37.2 Å². The summed E-state index contributed by atoms with van der Waals surface area (Å²) in [6, 6.07) is 12.5. The zero-order valence-corrected chi connectivity index (χ0v) is 15.4. The maximum atomic E-state index is 13.2. The van der Waals surface area contributed by atoms with Crippen molar-refractivity contribution in [2.45, 2.75) is 25.1 Å². The standard InChI is InChI=1S/C21H20F3N3O/c1-26-12-11-18(25-26)20(28)27-13-10-14-4-2-3-5-17(14)19(27)15-6-8-16(9-7-15)21(22,23)24/h2-9,19H,10-13H2,1H3/t19-/m1/s1. The third-order valence-corrected chi connectivity index (χ3v) is 5.31. The second-order valence-corrected chi connectivity index (χ2v) is 7.15. The zero-order valence-electron chi connectivity index (χ0n) is 15.4. The Balaban J connectivity index is 1.75. The van der Waals surface area contributed by atoms with E-state index in [9.17, 15) is 18.0 Å². The van der Waals surface area contributed by atoms with Crippen LogP contribution in [0.25, 0.3) is 0 Å². The molecule has 2 aliphatic heterocycles. The number of benzene rings is 2. The normalized spacial score (nSPS) is 19.4. The van der Waals surface area contributed by atoms with Crippen molar-refractivity contribution in [3.8, 4) is 0 Å². The van der Waals surface area contributed by atoms with E-state index >= 15 is 0 Å². The highest BCUT2D eigenvalue weighted by molar-refractivity contribution is 6.39. The smallest absolute Gasteiger partial charge is 0.326 e. The summed E-state index contributed by atoms with van der Waals surface area (Å²) in [6.07, 6.45) is -3.10. The number of hydrogen-bond donors (Lipinski definition) is 0. The molecule has 0 bridgehead atoms. The molecule has 0 aromatic heterocycles. The molecular formula is C21H20F3N3O. The maximum Gasteiger partial charge on any atom is 0.416 e. The molecule has 7 heteroatoms. The average molecular weight is 387 g/mol. The van der Waals surface area contributed by atoms with Crippen LogP contribution in [-0.2, 0) is 17.4 Å². The van der Waals surface area contributed by atoms with Crippen molar-refractivity contribution < 1.29 is 18.0 Å². The van der Waals surface area contributed by atoms with Gasteiger partial charge in [-0.2, -0.15) is 18.3 Å². The minimum atomic E-state index is -4.39. The number of hydrogen-bond acceptors (Lipinski definition) is 3. The van der Waals surface area contributed by atoms with E-state index in [1.165, 1.54) is 12.1 Å². The molecule has 0 fully saturated rings. The van der Waals surface area contributed by atoms with Gasteiger partial charge in [-0.05, 0) is 35.2 Å². The number of nitrogens with zero attached hydrogens (tertiary/aromatic N) is 3. The first-order valence-electron chi connectivity index (χ1n) is 9.19. The number of fused-ring (bicyclic) bond motifs is 1. The largest absolute Gasteiger partial charge is 0.416 e. The van der Waals surface area contributed by atoms with Gasteiger partial charge in [0.15, 0.2) is 0 Å². The van der Waals surface area contributed by atoms with E-state index in [1.807, 2.05) is 31.3 Å². The predicted molar refractivity (Wildman–Crippen MR) is 99.8 cm³/mol. The van der Waals surface area contributed by atoms with Gasteiger partial charge in [0.05, 0.1) is 11.6 Å². The van der Waals surface area contributed by atoms with E-state index < -0.39 is 17.8 Å². The Morgan fingerprint density at radius 3 is 2.39 bits per heavy atom. The lowest BCUT2D eigenvalue weighted by Gasteiger charge is -2.37. The van der Waals surface area contributed by atoms with Crippen molar-refractivity contribution in [2.24, 2.45) is 5.10 Å². The minimum Gasteiger partial charge on any atom is -0.326 e. The van der Waals surface area contributed by atoms with Crippen LogP contribution in [-0.4, -0.2) is 41.7 Å². The average Bonchev–Trinajstić information content (AvgIpc) is 3.12. The van der Waals surface area contributed by atoms with Crippen LogP contribution in [0.5, 0.6) is 0 Å². The molecule has 0 N–H and O–H groups in total. The molecule has 1 amide bonds. The first-order chi connectivity index (χ1) is 13.3. The highest BCUT2D eigenvalue weighted by Crippen LogP contribution is 2.37. The van der Waals surface area contributed by atoms with E-state index in [2.05, 4.69) is 5.10 Å². The van der Waals surface area contributed by atoms with Crippen molar-refractivity contribution >= 4 is 11.6 Å².